The Morgan fingerprint density at radius 2 is 1.96 bits per heavy atom. The molecule has 1 aromatic heterocycles. The lowest BCUT2D eigenvalue weighted by molar-refractivity contribution is 0.104. The minimum atomic E-state index is -0.647. The molecule has 0 radical (unpaired) electrons. The summed E-state index contributed by atoms with van der Waals surface area (Å²) in [5.74, 6) is 0.660. The van der Waals surface area contributed by atoms with Gasteiger partial charge in [0.05, 0.1) is 10.7 Å². The van der Waals surface area contributed by atoms with Crippen molar-refractivity contribution >= 4 is 11.3 Å². The first-order valence-electron chi connectivity index (χ1n) is 7.71. The van der Waals surface area contributed by atoms with E-state index in [1.54, 1.807) is 23.5 Å². The number of hydrogen-bond donors (Lipinski definition) is 2. The maximum absolute atomic E-state index is 12.8. The Morgan fingerprint density at radius 3 is 2.57 bits per heavy atom. The molecule has 0 saturated heterocycles. The van der Waals surface area contributed by atoms with E-state index < -0.39 is 6.10 Å². The van der Waals surface area contributed by atoms with Gasteiger partial charge in [-0.3, -0.25) is 0 Å². The van der Waals surface area contributed by atoms with Gasteiger partial charge in [0.15, 0.2) is 0 Å². The highest BCUT2D eigenvalue weighted by Gasteiger charge is 2.13. The average Bonchev–Trinajstić information content (AvgIpc) is 3.02. The molecule has 0 aliphatic carbocycles. The first kappa shape index (κ1) is 17.8. The van der Waals surface area contributed by atoms with Crippen molar-refractivity contribution in [2.75, 3.05) is 13.2 Å². The van der Waals surface area contributed by atoms with Gasteiger partial charge in [-0.1, -0.05) is 13.8 Å². The van der Waals surface area contributed by atoms with Crippen LogP contribution in [0.2, 0.25) is 0 Å². The van der Waals surface area contributed by atoms with Crippen molar-refractivity contribution in [1.82, 2.24) is 10.3 Å². The van der Waals surface area contributed by atoms with Gasteiger partial charge in [0, 0.05) is 23.9 Å². The number of aliphatic hydroxyl groups is 1. The molecule has 4 nitrogen and oxygen atoms in total. The van der Waals surface area contributed by atoms with Crippen molar-refractivity contribution in [2.24, 2.45) is 0 Å². The molecule has 126 valence electrons. The zero-order valence-corrected chi connectivity index (χ0v) is 14.4. The van der Waals surface area contributed by atoms with E-state index in [1.807, 2.05) is 12.3 Å². The summed E-state index contributed by atoms with van der Waals surface area (Å²) in [5, 5.41) is 16.4. The second kappa shape index (κ2) is 8.38. The van der Waals surface area contributed by atoms with Crippen LogP contribution in [0.15, 0.2) is 29.6 Å². The molecule has 0 amide bonds. The highest BCUT2D eigenvalue weighted by Crippen LogP contribution is 2.22. The molecule has 23 heavy (non-hydrogen) atoms. The molecule has 2 aromatic rings. The predicted molar refractivity (Wildman–Crippen MR) is 90.5 cm³/mol. The van der Waals surface area contributed by atoms with Crippen LogP contribution in [0.3, 0.4) is 0 Å². The van der Waals surface area contributed by atoms with Crippen LogP contribution in [0, 0.1) is 5.82 Å². The molecule has 2 rings (SSSR count). The number of aliphatic hydroxyl groups excluding tert-OH is 1. The van der Waals surface area contributed by atoms with Crippen LogP contribution in [0.1, 0.15) is 43.4 Å². The van der Waals surface area contributed by atoms with Gasteiger partial charge in [0.2, 0.25) is 0 Å². The van der Waals surface area contributed by atoms with E-state index in [0.29, 0.717) is 18.2 Å². The maximum atomic E-state index is 12.8. The molecule has 1 aromatic carbocycles. The van der Waals surface area contributed by atoms with Crippen LogP contribution in [-0.2, 0) is 0 Å². The quantitative estimate of drug-likeness (QED) is 0.773. The summed E-state index contributed by atoms with van der Waals surface area (Å²) in [7, 11) is 0. The zero-order chi connectivity index (χ0) is 16.8. The normalized spacial score (nSPS) is 14.0. The van der Waals surface area contributed by atoms with Crippen molar-refractivity contribution in [3.8, 4) is 5.75 Å². The Bertz CT molecular complexity index is 601. The number of nitrogens with one attached hydrogen (secondary N) is 1. The standard InChI is InChI=1S/C17H23FN2O2S/c1-11(2)17-20-16(10-23-17)12(3)19-8-14(21)9-22-15-6-4-13(18)5-7-15/h4-7,10-12,14,19,21H,8-9H2,1-3H3/t12-,14+/m0/s1. The highest BCUT2D eigenvalue weighted by atomic mass is 32.1. The Hall–Kier alpha value is -1.50. The van der Waals surface area contributed by atoms with Crippen LogP contribution in [0.25, 0.3) is 0 Å². The Balaban J connectivity index is 1.74. The van der Waals surface area contributed by atoms with Crippen LogP contribution < -0.4 is 10.1 Å². The summed E-state index contributed by atoms with van der Waals surface area (Å²) < 4.78 is 18.2. The fourth-order valence-corrected chi connectivity index (χ4v) is 2.89. The van der Waals surface area contributed by atoms with Gasteiger partial charge >= 0.3 is 0 Å². The molecule has 0 aliphatic heterocycles. The monoisotopic (exact) mass is 338 g/mol. The minimum Gasteiger partial charge on any atom is -0.491 e. The molecule has 0 spiro atoms. The molecule has 1 heterocycles. The van der Waals surface area contributed by atoms with Crippen molar-refractivity contribution in [3.63, 3.8) is 0 Å². The molecule has 0 saturated carbocycles. The van der Waals surface area contributed by atoms with Crippen molar-refractivity contribution in [1.29, 1.82) is 0 Å². The van der Waals surface area contributed by atoms with E-state index in [4.69, 9.17) is 4.74 Å². The summed E-state index contributed by atoms with van der Waals surface area (Å²) in [4.78, 5) is 4.60. The van der Waals surface area contributed by atoms with Crippen LogP contribution in [0.4, 0.5) is 4.39 Å². The van der Waals surface area contributed by atoms with Crippen LogP contribution in [-0.4, -0.2) is 29.3 Å². The summed E-state index contributed by atoms with van der Waals surface area (Å²) in [5.41, 5.74) is 0.991. The summed E-state index contributed by atoms with van der Waals surface area (Å²) in [6.07, 6.45) is -0.647. The SMILES string of the molecule is CC(C)c1nc([C@H](C)NC[C@@H](O)COc2ccc(F)cc2)cs1. The predicted octanol–water partition coefficient (Wildman–Crippen LogP) is 3.50. The lowest BCUT2D eigenvalue weighted by Crippen LogP contribution is -2.33. The Morgan fingerprint density at radius 1 is 1.26 bits per heavy atom. The summed E-state index contributed by atoms with van der Waals surface area (Å²) in [6, 6.07) is 5.81. The second-order valence-electron chi connectivity index (χ2n) is 5.81. The van der Waals surface area contributed by atoms with Crippen molar-refractivity contribution in [2.45, 2.75) is 38.8 Å². The van der Waals surface area contributed by atoms with E-state index in [2.05, 4.69) is 24.1 Å². The fourth-order valence-electron chi connectivity index (χ4n) is 1.96. The van der Waals surface area contributed by atoms with Gasteiger partial charge in [-0.2, -0.15) is 0 Å². The largest absolute Gasteiger partial charge is 0.491 e. The molecular weight excluding hydrogens is 315 g/mol. The molecular formula is C17H23FN2O2S. The van der Waals surface area contributed by atoms with Gasteiger partial charge in [0.25, 0.3) is 0 Å². The van der Waals surface area contributed by atoms with E-state index in [-0.39, 0.29) is 18.5 Å². The fraction of sp³-hybridized carbons (Fsp3) is 0.471. The molecule has 2 N–H and O–H groups in total. The first-order valence-corrected chi connectivity index (χ1v) is 8.58. The second-order valence-corrected chi connectivity index (χ2v) is 6.70. The molecule has 6 heteroatoms. The van der Waals surface area contributed by atoms with E-state index >= 15 is 0 Å². The van der Waals surface area contributed by atoms with Crippen LogP contribution >= 0.6 is 11.3 Å². The molecule has 0 unspecified atom stereocenters. The number of benzene rings is 1. The number of thiazole rings is 1. The summed E-state index contributed by atoms with van der Waals surface area (Å²) >= 11 is 1.66. The third kappa shape index (κ3) is 5.57. The van der Waals surface area contributed by atoms with Gasteiger partial charge in [-0.25, -0.2) is 9.37 Å². The number of rotatable bonds is 8. The molecule has 0 fully saturated rings. The lowest BCUT2D eigenvalue weighted by Gasteiger charge is -2.16. The molecule has 0 aliphatic rings. The molecule has 2 atom stereocenters. The highest BCUT2D eigenvalue weighted by molar-refractivity contribution is 7.09. The number of nitrogens with zero attached hydrogens (tertiary/aromatic N) is 1. The number of ether oxygens (including phenoxy) is 1. The van der Waals surface area contributed by atoms with Crippen molar-refractivity contribution < 1.29 is 14.2 Å². The van der Waals surface area contributed by atoms with E-state index in [1.165, 1.54) is 12.1 Å². The van der Waals surface area contributed by atoms with Gasteiger partial charge in [-0.05, 0) is 31.2 Å². The lowest BCUT2D eigenvalue weighted by atomic mass is 10.2. The first-order chi connectivity index (χ1) is 11.0. The van der Waals surface area contributed by atoms with E-state index in [9.17, 15) is 9.50 Å². The maximum Gasteiger partial charge on any atom is 0.123 e. The topological polar surface area (TPSA) is 54.4 Å². The zero-order valence-electron chi connectivity index (χ0n) is 13.6. The average molecular weight is 338 g/mol. The van der Waals surface area contributed by atoms with E-state index in [0.717, 1.165) is 10.7 Å². The Labute approximate surface area is 140 Å². The number of halogens is 1. The van der Waals surface area contributed by atoms with Gasteiger partial charge < -0.3 is 15.2 Å². The van der Waals surface area contributed by atoms with Crippen LogP contribution in [0.5, 0.6) is 5.75 Å². The minimum absolute atomic E-state index is 0.0687. The Kier molecular flexibility index (Phi) is 6.50. The third-order valence-electron chi connectivity index (χ3n) is 3.39. The molecule has 0 bridgehead atoms. The number of hydrogen-bond acceptors (Lipinski definition) is 5. The van der Waals surface area contributed by atoms with Gasteiger partial charge in [-0.15, -0.1) is 11.3 Å². The number of aromatic nitrogens is 1. The smallest absolute Gasteiger partial charge is 0.123 e. The summed E-state index contributed by atoms with van der Waals surface area (Å²) in [6.45, 7) is 6.82. The third-order valence-corrected chi connectivity index (χ3v) is 4.56. The van der Waals surface area contributed by atoms with Crippen molar-refractivity contribution in [3.05, 3.63) is 46.2 Å². The van der Waals surface area contributed by atoms with Gasteiger partial charge in [0.1, 0.15) is 24.3 Å².